The summed E-state index contributed by atoms with van der Waals surface area (Å²) in [5, 5.41) is 9.26. The molecule has 1 aromatic carbocycles. The van der Waals surface area contributed by atoms with Crippen LogP contribution in [0.3, 0.4) is 0 Å². The molecule has 0 radical (unpaired) electrons. The maximum atomic E-state index is 11.3. The van der Waals surface area contributed by atoms with E-state index in [2.05, 4.69) is 23.7 Å². The standard InChI is InChI=1S/C16H20N2O4/c1-10(2)8-11-9-21-7-6-18(11)16-17-14-12(15(19)20)4-3-5-13(14)22-16/h3-5,10-11H,6-9H2,1-2H3,(H,19,20). The molecular weight excluding hydrogens is 284 g/mol. The summed E-state index contributed by atoms with van der Waals surface area (Å²) in [6, 6.07) is 5.65. The van der Waals surface area contributed by atoms with E-state index in [4.69, 9.17) is 9.15 Å². The van der Waals surface area contributed by atoms with E-state index in [-0.39, 0.29) is 11.6 Å². The summed E-state index contributed by atoms with van der Waals surface area (Å²) in [6.07, 6.45) is 0.977. The number of morpholine rings is 1. The van der Waals surface area contributed by atoms with Gasteiger partial charge < -0.3 is 19.2 Å². The number of para-hydroxylation sites is 1. The summed E-state index contributed by atoms with van der Waals surface area (Å²) < 4.78 is 11.4. The lowest BCUT2D eigenvalue weighted by molar-refractivity contribution is 0.0698. The molecular formula is C16H20N2O4. The van der Waals surface area contributed by atoms with Gasteiger partial charge in [-0.15, -0.1) is 0 Å². The van der Waals surface area contributed by atoms with E-state index in [0.29, 0.717) is 42.8 Å². The summed E-state index contributed by atoms with van der Waals surface area (Å²) in [5.74, 6) is -0.459. The molecule has 6 nitrogen and oxygen atoms in total. The predicted molar refractivity (Wildman–Crippen MR) is 82.4 cm³/mol. The van der Waals surface area contributed by atoms with Crippen LogP contribution in [0.15, 0.2) is 22.6 Å². The quantitative estimate of drug-likeness (QED) is 0.936. The van der Waals surface area contributed by atoms with Gasteiger partial charge >= 0.3 is 5.97 Å². The van der Waals surface area contributed by atoms with E-state index in [9.17, 15) is 9.90 Å². The fourth-order valence-corrected chi connectivity index (χ4v) is 2.88. The van der Waals surface area contributed by atoms with Crippen molar-refractivity contribution in [3.05, 3.63) is 23.8 Å². The van der Waals surface area contributed by atoms with E-state index < -0.39 is 5.97 Å². The average molecular weight is 304 g/mol. The number of carbonyl (C=O) groups is 1. The number of ether oxygens (including phenoxy) is 1. The number of aromatic carboxylic acids is 1. The van der Waals surface area contributed by atoms with Gasteiger partial charge in [-0.05, 0) is 24.5 Å². The van der Waals surface area contributed by atoms with Gasteiger partial charge in [0.1, 0.15) is 5.52 Å². The van der Waals surface area contributed by atoms with Gasteiger partial charge in [0.15, 0.2) is 5.58 Å². The highest BCUT2D eigenvalue weighted by atomic mass is 16.5. The molecule has 1 aromatic heterocycles. The van der Waals surface area contributed by atoms with Crippen molar-refractivity contribution in [2.45, 2.75) is 26.3 Å². The zero-order chi connectivity index (χ0) is 15.7. The first-order valence-corrected chi connectivity index (χ1v) is 7.53. The van der Waals surface area contributed by atoms with Crippen LogP contribution in [0, 0.1) is 5.92 Å². The molecule has 0 saturated carbocycles. The molecule has 6 heteroatoms. The monoisotopic (exact) mass is 304 g/mol. The second-order valence-corrected chi connectivity index (χ2v) is 6.01. The van der Waals surface area contributed by atoms with E-state index in [1.807, 2.05) is 0 Å². The lowest BCUT2D eigenvalue weighted by Gasteiger charge is -2.35. The van der Waals surface area contributed by atoms with Gasteiger partial charge in [-0.25, -0.2) is 4.79 Å². The highest BCUT2D eigenvalue weighted by Gasteiger charge is 2.28. The number of carboxylic acids is 1. The number of benzene rings is 1. The van der Waals surface area contributed by atoms with Crippen LogP contribution in [-0.2, 0) is 4.74 Å². The van der Waals surface area contributed by atoms with E-state index in [1.54, 1.807) is 18.2 Å². The van der Waals surface area contributed by atoms with Crippen LogP contribution >= 0.6 is 0 Å². The van der Waals surface area contributed by atoms with Crippen molar-refractivity contribution in [1.82, 2.24) is 4.98 Å². The van der Waals surface area contributed by atoms with Crippen LogP contribution < -0.4 is 4.90 Å². The molecule has 1 unspecified atom stereocenters. The largest absolute Gasteiger partial charge is 0.478 e. The molecule has 0 aliphatic carbocycles. The van der Waals surface area contributed by atoms with Crippen LogP contribution in [0.25, 0.3) is 11.1 Å². The Bertz CT molecular complexity index is 680. The molecule has 2 aromatic rings. The fourth-order valence-electron chi connectivity index (χ4n) is 2.88. The SMILES string of the molecule is CC(C)CC1COCCN1c1nc2c(C(=O)O)cccc2o1. The van der Waals surface area contributed by atoms with Crippen LogP contribution in [-0.4, -0.2) is 41.9 Å². The molecule has 1 aliphatic heterocycles. The summed E-state index contributed by atoms with van der Waals surface area (Å²) in [4.78, 5) is 17.8. The predicted octanol–water partition coefficient (Wildman–Crippen LogP) is 2.78. The molecule has 22 heavy (non-hydrogen) atoms. The Kier molecular flexibility index (Phi) is 4.02. The van der Waals surface area contributed by atoms with E-state index >= 15 is 0 Å². The third-order valence-electron chi connectivity index (χ3n) is 3.85. The Balaban J connectivity index is 1.97. The molecule has 118 valence electrons. The average Bonchev–Trinajstić information content (AvgIpc) is 2.90. The van der Waals surface area contributed by atoms with Gasteiger partial charge in [-0.3, -0.25) is 0 Å². The van der Waals surface area contributed by atoms with Crippen molar-refractivity contribution < 1.29 is 19.1 Å². The second-order valence-electron chi connectivity index (χ2n) is 6.01. The topological polar surface area (TPSA) is 75.8 Å². The van der Waals surface area contributed by atoms with Crippen LogP contribution in [0.4, 0.5) is 6.01 Å². The van der Waals surface area contributed by atoms with Crippen LogP contribution in [0.5, 0.6) is 0 Å². The van der Waals surface area contributed by atoms with Crippen molar-refractivity contribution in [1.29, 1.82) is 0 Å². The molecule has 1 saturated heterocycles. The number of fused-ring (bicyclic) bond motifs is 1. The first-order chi connectivity index (χ1) is 10.6. The number of nitrogens with zero attached hydrogens (tertiary/aromatic N) is 2. The Morgan fingerprint density at radius 3 is 3.05 bits per heavy atom. The maximum absolute atomic E-state index is 11.3. The highest BCUT2D eigenvalue weighted by molar-refractivity contribution is 6.00. The van der Waals surface area contributed by atoms with Crippen molar-refractivity contribution >= 4 is 23.1 Å². The van der Waals surface area contributed by atoms with Gasteiger partial charge in [-0.2, -0.15) is 4.98 Å². The summed E-state index contributed by atoms with van der Waals surface area (Å²) in [5.41, 5.74) is 1.07. The van der Waals surface area contributed by atoms with Gasteiger partial charge in [-0.1, -0.05) is 19.9 Å². The maximum Gasteiger partial charge on any atom is 0.338 e. The molecule has 0 amide bonds. The Labute approximate surface area is 128 Å². The Morgan fingerprint density at radius 1 is 1.50 bits per heavy atom. The lowest BCUT2D eigenvalue weighted by atomic mass is 10.0. The molecule has 0 bridgehead atoms. The van der Waals surface area contributed by atoms with Gasteiger partial charge in [0.05, 0.1) is 24.8 Å². The van der Waals surface area contributed by atoms with E-state index in [0.717, 1.165) is 6.42 Å². The van der Waals surface area contributed by atoms with E-state index in [1.165, 1.54) is 0 Å². The number of rotatable bonds is 4. The van der Waals surface area contributed by atoms with Gasteiger partial charge in [0, 0.05) is 6.54 Å². The first kappa shape index (κ1) is 14.8. The molecule has 1 aliphatic rings. The number of aromatic nitrogens is 1. The Hall–Kier alpha value is -2.08. The zero-order valence-electron chi connectivity index (χ0n) is 12.8. The smallest absolute Gasteiger partial charge is 0.338 e. The third-order valence-corrected chi connectivity index (χ3v) is 3.85. The highest BCUT2D eigenvalue weighted by Crippen LogP contribution is 2.28. The van der Waals surface area contributed by atoms with Gasteiger partial charge in [0.25, 0.3) is 6.01 Å². The van der Waals surface area contributed by atoms with Crippen molar-refractivity contribution in [3.63, 3.8) is 0 Å². The van der Waals surface area contributed by atoms with Crippen LogP contribution in [0.1, 0.15) is 30.6 Å². The van der Waals surface area contributed by atoms with Gasteiger partial charge in [0.2, 0.25) is 0 Å². The summed E-state index contributed by atoms with van der Waals surface area (Å²) in [7, 11) is 0. The number of hydrogen-bond acceptors (Lipinski definition) is 5. The molecule has 1 atom stereocenters. The molecule has 3 rings (SSSR count). The normalized spacial score (nSPS) is 19.0. The first-order valence-electron chi connectivity index (χ1n) is 7.53. The summed E-state index contributed by atoms with van der Waals surface area (Å²) in [6.45, 7) is 6.30. The Morgan fingerprint density at radius 2 is 2.32 bits per heavy atom. The number of oxazole rings is 1. The zero-order valence-corrected chi connectivity index (χ0v) is 12.8. The number of anilines is 1. The minimum absolute atomic E-state index is 0.168. The minimum Gasteiger partial charge on any atom is -0.478 e. The second kappa shape index (κ2) is 5.96. The number of carboxylic acid groups (broad SMARTS) is 1. The molecule has 1 fully saturated rings. The number of hydrogen-bond donors (Lipinski definition) is 1. The molecule has 1 N–H and O–H groups in total. The molecule has 0 spiro atoms. The van der Waals surface area contributed by atoms with Crippen molar-refractivity contribution in [2.75, 3.05) is 24.7 Å². The summed E-state index contributed by atoms with van der Waals surface area (Å²) >= 11 is 0. The van der Waals surface area contributed by atoms with Crippen molar-refractivity contribution in [3.8, 4) is 0 Å². The minimum atomic E-state index is -0.994. The van der Waals surface area contributed by atoms with Crippen LogP contribution in [0.2, 0.25) is 0 Å². The molecule has 2 heterocycles. The third kappa shape index (κ3) is 2.78. The fraction of sp³-hybridized carbons (Fsp3) is 0.500. The lowest BCUT2D eigenvalue weighted by Crippen LogP contribution is -2.46. The van der Waals surface area contributed by atoms with Crippen molar-refractivity contribution in [2.24, 2.45) is 5.92 Å².